The van der Waals surface area contributed by atoms with E-state index in [4.69, 9.17) is 27.9 Å². The number of phenols is 1. The number of hydrogen-bond donors (Lipinski definition) is 2. The fraction of sp³-hybridized carbons (Fsp3) is 0.120. The topological polar surface area (TPSA) is 87.1 Å². The largest absolute Gasteiger partial charge is 0.507 e. The Hall–Kier alpha value is -3.62. The zero-order valence-corrected chi connectivity index (χ0v) is 19.6. The highest BCUT2D eigenvalue weighted by molar-refractivity contribution is 6.52. The molecule has 2 N–H and O–H groups in total. The van der Waals surface area contributed by atoms with E-state index < -0.39 is 35.1 Å². The fourth-order valence-electron chi connectivity index (χ4n) is 3.83. The molecule has 0 bridgehead atoms. The summed E-state index contributed by atoms with van der Waals surface area (Å²) in [6, 6.07) is 9.76. The maximum Gasteiger partial charge on any atom is 0.300 e. The lowest BCUT2D eigenvalue weighted by atomic mass is 9.95. The Labute approximate surface area is 208 Å². The van der Waals surface area contributed by atoms with E-state index in [0.717, 1.165) is 23.1 Å². The van der Waals surface area contributed by atoms with Crippen LogP contribution < -0.4 is 9.64 Å². The zero-order chi connectivity index (χ0) is 25.4. The van der Waals surface area contributed by atoms with Crippen LogP contribution in [0.5, 0.6) is 11.5 Å². The van der Waals surface area contributed by atoms with E-state index >= 15 is 0 Å². The molecule has 0 aliphatic carbocycles. The average molecular weight is 520 g/mol. The number of ketones is 1. The number of aliphatic hydroxyl groups excluding tert-OH is 1. The normalized spacial score (nSPS) is 17.2. The van der Waals surface area contributed by atoms with E-state index in [1.807, 2.05) is 0 Å². The number of anilines is 1. The predicted molar refractivity (Wildman–Crippen MR) is 127 cm³/mol. The zero-order valence-electron chi connectivity index (χ0n) is 18.1. The molecule has 1 saturated heterocycles. The van der Waals surface area contributed by atoms with Gasteiger partial charge in [-0.1, -0.05) is 29.3 Å². The molecule has 0 spiro atoms. The Bertz CT molecular complexity index is 1390. The third-order valence-electron chi connectivity index (χ3n) is 5.42. The van der Waals surface area contributed by atoms with Gasteiger partial charge >= 0.3 is 0 Å². The molecule has 1 unspecified atom stereocenters. The Kier molecular flexibility index (Phi) is 6.69. The number of nitrogens with zero attached hydrogens (tertiary/aromatic N) is 1. The van der Waals surface area contributed by atoms with Crippen LogP contribution in [-0.4, -0.2) is 28.5 Å². The van der Waals surface area contributed by atoms with E-state index in [1.165, 1.54) is 30.3 Å². The van der Waals surface area contributed by atoms with Crippen molar-refractivity contribution in [3.63, 3.8) is 0 Å². The number of halogens is 4. The summed E-state index contributed by atoms with van der Waals surface area (Å²) in [5.74, 6) is -5.06. The third-order valence-corrected chi connectivity index (χ3v) is 6.05. The Balaban J connectivity index is 1.98. The van der Waals surface area contributed by atoms with E-state index in [2.05, 4.69) is 0 Å². The molecule has 1 heterocycles. The van der Waals surface area contributed by atoms with Gasteiger partial charge in [0.05, 0.1) is 28.3 Å². The third kappa shape index (κ3) is 4.42. The van der Waals surface area contributed by atoms with Crippen LogP contribution in [-0.2, 0) is 9.59 Å². The monoisotopic (exact) mass is 519 g/mol. The number of Topliss-reactive ketones (excluding diaryl/α,β-unsaturated/α-hetero) is 1. The van der Waals surface area contributed by atoms with Crippen LogP contribution in [0.3, 0.4) is 0 Å². The summed E-state index contributed by atoms with van der Waals surface area (Å²) in [6.45, 7) is 2.09. The number of rotatable bonds is 5. The second-order valence-electron chi connectivity index (χ2n) is 7.55. The van der Waals surface area contributed by atoms with E-state index in [9.17, 15) is 28.6 Å². The first kappa shape index (κ1) is 24.5. The molecule has 1 aliphatic rings. The number of phenolic OH excluding ortho intramolecular Hbond substituents is 1. The van der Waals surface area contributed by atoms with Gasteiger partial charge in [0, 0.05) is 17.3 Å². The van der Waals surface area contributed by atoms with Gasteiger partial charge in [0.2, 0.25) is 0 Å². The smallest absolute Gasteiger partial charge is 0.300 e. The highest BCUT2D eigenvalue weighted by atomic mass is 35.5. The first-order valence-electron chi connectivity index (χ1n) is 10.3. The van der Waals surface area contributed by atoms with Gasteiger partial charge in [0.1, 0.15) is 17.3 Å². The Morgan fingerprint density at radius 3 is 2.40 bits per heavy atom. The molecule has 180 valence electrons. The molecule has 0 saturated carbocycles. The van der Waals surface area contributed by atoms with E-state index in [0.29, 0.717) is 12.4 Å². The Morgan fingerprint density at radius 1 is 1.00 bits per heavy atom. The first-order chi connectivity index (χ1) is 16.6. The number of aliphatic hydroxyl groups is 1. The SMILES string of the molecule is CCOc1ccc(Cl)c(/C(O)=C2\C(=O)C(=O)N(c3ccc(F)c(F)c3)C2c2ccc(O)c(Cl)c2)c1. The molecule has 1 fully saturated rings. The van der Waals surface area contributed by atoms with Crippen molar-refractivity contribution >= 4 is 46.3 Å². The quantitative estimate of drug-likeness (QED) is 0.245. The summed E-state index contributed by atoms with van der Waals surface area (Å²) in [7, 11) is 0. The van der Waals surface area contributed by atoms with Gasteiger partial charge in [-0.05, 0) is 55.0 Å². The maximum absolute atomic E-state index is 14.0. The number of amides is 1. The van der Waals surface area contributed by atoms with Crippen LogP contribution >= 0.6 is 23.2 Å². The summed E-state index contributed by atoms with van der Waals surface area (Å²) in [6.07, 6.45) is 0. The molecule has 0 aromatic heterocycles. The number of benzene rings is 3. The molecule has 10 heteroatoms. The van der Waals surface area contributed by atoms with Crippen LogP contribution in [0.1, 0.15) is 24.1 Å². The predicted octanol–water partition coefficient (Wildman–Crippen LogP) is 6.00. The lowest BCUT2D eigenvalue weighted by Gasteiger charge is -2.26. The highest BCUT2D eigenvalue weighted by Crippen LogP contribution is 2.44. The molecule has 3 aromatic carbocycles. The van der Waals surface area contributed by atoms with Crippen LogP contribution in [0.2, 0.25) is 10.0 Å². The van der Waals surface area contributed by atoms with Crippen molar-refractivity contribution in [2.75, 3.05) is 11.5 Å². The van der Waals surface area contributed by atoms with Crippen molar-refractivity contribution < 1.29 is 33.3 Å². The molecule has 35 heavy (non-hydrogen) atoms. The molecule has 1 atom stereocenters. The van der Waals surface area contributed by atoms with Gasteiger partial charge in [-0.25, -0.2) is 8.78 Å². The average Bonchev–Trinajstić information content (AvgIpc) is 3.09. The van der Waals surface area contributed by atoms with Gasteiger partial charge in [-0.15, -0.1) is 0 Å². The molecular formula is C25H17Cl2F2NO5. The van der Waals surface area contributed by atoms with Gasteiger partial charge in [0.15, 0.2) is 11.6 Å². The van der Waals surface area contributed by atoms with Crippen LogP contribution in [0.25, 0.3) is 5.76 Å². The van der Waals surface area contributed by atoms with E-state index in [-0.39, 0.29) is 38.2 Å². The van der Waals surface area contributed by atoms with Crippen molar-refractivity contribution in [3.8, 4) is 11.5 Å². The van der Waals surface area contributed by atoms with Crippen molar-refractivity contribution in [1.82, 2.24) is 0 Å². The van der Waals surface area contributed by atoms with Crippen LogP contribution in [0.15, 0.2) is 60.2 Å². The molecule has 3 aromatic rings. The second-order valence-corrected chi connectivity index (χ2v) is 8.37. The van der Waals surface area contributed by atoms with Crippen molar-refractivity contribution in [3.05, 3.63) is 93.0 Å². The molecule has 4 rings (SSSR count). The molecule has 6 nitrogen and oxygen atoms in total. The minimum Gasteiger partial charge on any atom is -0.507 e. The molecular weight excluding hydrogens is 503 g/mol. The van der Waals surface area contributed by atoms with Crippen LogP contribution in [0, 0.1) is 11.6 Å². The summed E-state index contributed by atoms with van der Waals surface area (Å²) in [4.78, 5) is 27.2. The minimum absolute atomic E-state index is 0.0239. The number of ether oxygens (including phenoxy) is 1. The van der Waals surface area contributed by atoms with Gasteiger partial charge in [-0.3, -0.25) is 14.5 Å². The number of carbonyl (C=O) groups excluding carboxylic acids is 2. The van der Waals surface area contributed by atoms with Gasteiger partial charge < -0.3 is 14.9 Å². The lowest BCUT2D eigenvalue weighted by molar-refractivity contribution is -0.132. The molecule has 1 aliphatic heterocycles. The van der Waals surface area contributed by atoms with Crippen molar-refractivity contribution in [2.45, 2.75) is 13.0 Å². The van der Waals surface area contributed by atoms with Crippen molar-refractivity contribution in [2.24, 2.45) is 0 Å². The first-order valence-corrected chi connectivity index (χ1v) is 11.1. The summed E-state index contributed by atoms with van der Waals surface area (Å²) in [5, 5.41) is 21.1. The number of hydrogen-bond acceptors (Lipinski definition) is 5. The molecule has 0 radical (unpaired) electrons. The minimum atomic E-state index is -1.30. The Morgan fingerprint density at radius 2 is 1.74 bits per heavy atom. The lowest BCUT2D eigenvalue weighted by Crippen LogP contribution is -2.29. The summed E-state index contributed by atoms with van der Waals surface area (Å²) < 4.78 is 33.1. The van der Waals surface area contributed by atoms with Crippen molar-refractivity contribution in [1.29, 1.82) is 0 Å². The standard InChI is InChI=1S/C25H17Cl2F2NO5/c1-2-35-14-5-6-16(26)15(11-14)23(32)21-22(12-3-8-20(31)17(27)9-12)30(25(34)24(21)33)13-4-7-18(28)19(29)10-13/h3-11,22,31-32H,2H2,1H3/b23-21+. The molecule has 1 amide bonds. The maximum atomic E-state index is 14.0. The van der Waals surface area contributed by atoms with Gasteiger partial charge in [-0.2, -0.15) is 0 Å². The second kappa shape index (κ2) is 9.56. The number of carbonyl (C=O) groups is 2. The summed E-state index contributed by atoms with van der Waals surface area (Å²) >= 11 is 12.3. The van der Waals surface area contributed by atoms with Crippen LogP contribution in [0.4, 0.5) is 14.5 Å². The highest BCUT2D eigenvalue weighted by Gasteiger charge is 2.47. The summed E-state index contributed by atoms with van der Waals surface area (Å²) in [5.41, 5.74) is -0.253. The number of aromatic hydroxyl groups is 1. The van der Waals surface area contributed by atoms with E-state index in [1.54, 1.807) is 13.0 Å². The van der Waals surface area contributed by atoms with Gasteiger partial charge in [0.25, 0.3) is 11.7 Å². The fourth-order valence-corrected chi connectivity index (χ4v) is 4.23.